The van der Waals surface area contributed by atoms with E-state index in [4.69, 9.17) is 0 Å². The van der Waals surface area contributed by atoms with Crippen LogP contribution >= 0.6 is 0 Å². The zero-order chi connectivity index (χ0) is 9.97. The van der Waals surface area contributed by atoms with Gasteiger partial charge in [0.25, 0.3) is 0 Å². The van der Waals surface area contributed by atoms with Gasteiger partial charge in [-0.3, -0.25) is 0 Å². The molecule has 3 aliphatic carbocycles. The van der Waals surface area contributed by atoms with E-state index in [1.54, 1.807) is 0 Å². The Morgan fingerprint density at radius 3 is 1.93 bits per heavy atom. The van der Waals surface area contributed by atoms with Crippen molar-refractivity contribution in [3.63, 3.8) is 0 Å². The van der Waals surface area contributed by atoms with Crippen LogP contribution in [0.3, 0.4) is 0 Å². The molecule has 0 aromatic heterocycles. The van der Waals surface area contributed by atoms with Crippen LogP contribution in [0.2, 0.25) is 0 Å². The van der Waals surface area contributed by atoms with Crippen molar-refractivity contribution in [1.82, 2.24) is 0 Å². The van der Waals surface area contributed by atoms with E-state index >= 15 is 0 Å². The second-order valence-electron chi connectivity index (χ2n) is 5.35. The van der Waals surface area contributed by atoms with E-state index in [9.17, 15) is 13.9 Å². The largest absolute Gasteiger partial charge is 0.389 e. The predicted molar refractivity (Wildman–Crippen MR) is 48.1 cm³/mol. The number of alkyl halides is 2. The molecule has 0 heterocycles. The van der Waals surface area contributed by atoms with Crippen molar-refractivity contribution < 1.29 is 13.9 Å². The molecule has 0 radical (unpaired) electrons. The molecule has 80 valence electrons. The van der Waals surface area contributed by atoms with Gasteiger partial charge in [0, 0.05) is 12.8 Å². The van der Waals surface area contributed by atoms with E-state index in [1.807, 2.05) is 0 Å². The molecule has 2 unspecified atom stereocenters. The molecule has 0 bridgehead atoms. The van der Waals surface area contributed by atoms with Gasteiger partial charge in [0.2, 0.25) is 5.92 Å². The summed E-state index contributed by atoms with van der Waals surface area (Å²) in [7, 11) is 0. The minimum atomic E-state index is -2.48. The number of fused-ring (bicyclic) bond motifs is 1. The Hall–Kier alpha value is -0.180. The number of rotatable bonds is 1. The first-order valence-electron chi connectivity index (χ1n) is 5.64. The first-order valence-corrected chi connectivity index (χ1v) is 5.64. The molecule has 14 heavy (non-hydrogen) atoms. The average Bonchev–Trinajstić information content (AvgIpc) is 2.71. The molecule has 0 aliphatic heterocycles. The van der Waals surface area contributed by atoms with E-state index in [-0.39, 0.29) is 18.8 Å². The molecule has 3 saturated carbocycles. The first-order chi connectivity index (χ1) is 6.54. The Kier molecular flexibility index (Phi) is 1.61. The van der Waals surface area contributed by atoms with Gasteiger partial charge in [-0.2, -0.15) is 0 Å². The maximum Gasteiger partial charge on any atom is 0.248 e. The van der Waals surface area contributed by atoms with Crippen molar-refractivity contribution in [3.05, 3.63) is 0 Å². The Balaban J connectivity index is 1.69. The van der Waals surface area contributed by atoms with Crippen molar-refractivity contribution in [2.45, 2.75) is 50.0 Å². The molecule has 3 heteroatoms. The van der Waals surface area contributed by atoms with Crippen LogP contribution in [0, 0.1) is 17.8 Å². The van der Waals surface area contributed by atoms with Crippen LogP contribution < -0.4 is 0 Å². The quantitative estimate of drug-likeness (QED) is 0.693. The summed E-state index contributed by atoms with van der Waals surface area (Å²) in [4.78, 5) is 0. The van der Waals surface area contributed by atoms with Gasteiger partial charge in [0.1, 0.15) is 0 Å². The van der Waals surface area contributed by atoms with Gasteiger partial charge in [-0.05, 0) is 30.6 Å². The van der Waals surface area contributed by atoms with Gasteiger partial charge in [0.15, 0.2) is 0 Å². The molecule has 0 aromatic rings. The van der Waals surface area contributed by atoms with Gasteiger partial charge in [-0.25, -0.2) is 8.78 Å². The van der Waals surface area contributed by atoms with Crippen LogP contribution in [-0.4, -0.2) is 16.6 Å². The summed E-state index contributed by atoms with van der Waals surface area (Å²) in [6, 6.07) is 0. The van der Waals surface area contributed by atoms with E-state index in [0.717, 1.165) is 12.8 Å². The maximum atomic E-state index is 12.7. The highest BCUT2D eigenvalue weighted by atomic mass is 19.3. The molecule has 0 spiro atoms. The zero-order valence-electron chi connectivity index (χ0n) is 8.18. The minimum absolute atomic E-state index is 0.0729. The van der Waals surface area contributed by atoms with Crippen LogP contribution in [0.5, 0.6) is 0 Å². The minimum Gasteiger partial charge on any atom is -0.389 e. The summed E-state index contributed by atoms with van der Waals surface area (Å²) in [6.07, 6.45) is 4.32. The normalized spacial score (nSPS) is 50.8. The van der Waals surface area contributed by atoms with Gasteiger partial charge < -0.3 is 5.11 Å². The maximum absolute atomic E-state index is 12.7. The topological polar surface area (TPSA) is 20.2 Å². The molecule has 0 aromatic carbocycles. The second kappa shape index (κ2) is 2.49. The van der Waals surface area contributed by atoms with Crippen LogP contribution in [0.1, 0.15) is 38.5 Å². The fraction of sp³-hybridized carbons (Fsp3) is 1.00. The molecular weight excluding hydrogens is 186 g/mol. The summed E-state index contributed by atoms with van der Waals surface area (Å²) in [5.41, 5.74) is -0.682. The molecular formula is C11H16F2O. The van der Waals surface area contributed by atoms with Crippen LogP contribution in [0.4, 0.5) is 8.78 Å². The highest BCUT2D eigenvalue weighted by Crippen LogP contribution is 2.67. The fourth-order valence-corrected chi connectivity index (χ4v) is 3.73. The number of aliphatic hydroxyl groups is 1. The lowest BCUT2D eigenvalue weighted by molar-refractivity contribution is -0.154. The molecule has 3 fully saturated rings. The number of halogens is 2. The lowest BCUT2D eigenvalue weighted by atomic mass is 9.74. The van der Waals surface area contributed by atoms with Crippen molar-refractivity contribution >= 4 is 0 Å². The Labute approximate surface area is 82.5 Å². The van der Waals surface area contributed by atoms with Crippen molar-refractivity contribution in [3.8, 4) is 0 Å². The van der Waals surface area contributed by atoms with Crippen molar-refractivity contribution in [1.29, 1.82) is 0 Å². The highest BCUT2D eigenvalue weighted by molar-refractivity contribution is 5.19. The molecule has 2 atom stereocenters. The summed E-state index contributed by atoms with van der Waals surface area (Å²) < 4.78 is 25.4. The third-order valence-corrected chi connectivity index (χ3v) is 4.59. The van der Waals surface area contributed by atoms with Crippen molar-refractivity contribution in [2.75, 3.05) is 0 Å². The molecule has 3 rings (SSSR count). The lowest BCUT2D eigenvalue weighted by Gasteiger charge is -2.39. The average molecular weight is 202 g/mol. The van der Waals surface area contributed by atoms with E-state index in [0.29, 0.717) is 11.8 Å². The molecule has 0 amide bonds. The standard InChI is InChI=1S/C11H16F2O/c12-10(13)5-7(6-10)11(14)8-3-1-2-4-9(8)11/h7-9,14H,1-6H2. The van der Waals surface area contributed by atoms with E-state index in [2.05, 4.69) is 0 Å². The van der Waals surface area contributed by atoms with Crippen LogP contribution in [0.15, 0.2) is 0 Å². The summed E-state index contributed by atoms with van der Waals surface area (Å²) in [5.74, 6) is -1.87. The zero-order valence-corrected chi connectivity index (χ0v) is 8.18. The first kappa shape index (κ1) is 9.08. The van der Waals surface area contributed by atoms with E-state index in [1.165, 1.54) is 12.8 Å². The third kappa shape index (κ3) is 1.02. The van der Waals surface area contributed by atoms with Crippen LogP contribution in [-0.2, 0) is 0 Å². The molecule has 0 saturated heterocycles. The smallest absolute Gasteiger partial charge is 0.248 e. The second-order valence-corrected chi connectivity index (χ2v) is 5.35. The Morgan fingerprint density at radius 2 is 1.50 bits per heavy atom. The summed E-state index contributed by atoms with van der Waals surface area (Å²) in [5, 5.41) is 10.3. The fourth-order valence-electron chi connectivity index (χ4n) is 3.73. The monoisotopic (exact) mass is 202 g/mol. The van der Waals surface area contributed by atoms with Gasteiger partial charge in [0.05, 0.1) is 5.60 Å². The van der Waals surface area contributed by atoms with Gasteiger partial charge in [-0.1, -0.05) is 12.8 Å². The highest BCUT2D eigenvalue weighted by Gasteiger charge is 2.71. The van der Waals surface area contributed by atoms with Crippen LogP contribution in [0.25, 0.3) is 0 Å². The molecule has 1 N–H and O–H groups in total. The summed E-state index contributed by atoms with van der Waals surface area (Å²) >= 11 is 0. The molecule has 3 aliphatic rings. The Bertz CT molecular complexity index is 244. The Morgan fingerprint density at radius 1 is 1.00 bits per heavy atom. The van der Waals surface area contributed by atoms with E-state index < -0.39 is 11.5 Å². The van der Waals surface area contributed by atoms with Gasteiger partial charge in [-0.15, -0.1) is 0 Å². The predicted octanol–water partition coefficient (Wildman–Crippen LogP) is 2.58. The third-order valence-electron chi connectivity index (χ3n) is 4.59. The SMILES string of the molecule is OC1(C2CC(F)(F)C2)C2CCCCC21. The summed E-state index contributed by atoms with van der Waals surface area (Å²) in [6.45, 7) is 0. The van der Waals surface area contributed by atoms with Crippen molar-refractivity contribution in [2.24, 2.45) is 17.8 Å². The lowest BCUT2D eigenvalue weighted by Crippen LogP contribution is -2.44. The van der Waals surface area contributed by atoms with Gasteiger partial charge >= 0.3 is 0 Å². The number of hydrogen-bond acceptors (Lipinski definition) is 1. The number of hydrogen-bond donors (Lipinski definition) is 1. The molecule has 1 nitrogen and oxygen atoms in total.